The number of aryl methyl sites for hydroxylation is 2. The minimum absolute atomic E-state index is 0.183. The molecule has 17 heavy (non-hydrogen) atoms. The number of furan rings is 1. The van der Waals surface area contributed by atoms with Crippen LogP contribution in [0.3, 0.4) is 0 Å². The Morgan fingerprint density at radius 1 is 1.53 bits per heavy atom. The van der Waals surface area contributed by atoms with Crippen LogP contribution in [0.25, 0.3) is 0 Å². The topological polar surface area (TPSA) is 62.5 Å². The lowest BCUT2D eigenvalue weighted by atomic mass is 10.0. The van der Waals surface area contributed by atoms with E-state index in [2.05, 4.69) is 5.32 Å². The Balaban J connectivity index is 2.53. The van der Waals surface area contributed by atoms with Crippen molar-refractivity contribution in [3.05, 3.63) is 23.2 Å². The predicted molar refractivity (Wildman–Crippen MR) is 66.0 cm³/mol. The van der Waals surface area contributed by atoms with Crippen LogP contribution in [-0.2, 0) is 0 Å². The van der Waals surface area contributed by atoms with Gasteiger partial charge in [0.2, 0.25) is 0 Å². The lowest BCUT2D eigenvalue weighted by Gasteiger charge is -2.17. The molecular weight excluding hydrogens is 218 g/mol. The van der Waals surface area contributed by atoms with Crippen molar-refractivity contribution in [2.45, 2.75) is 40.2 Å². The average Bonchev–Trinajstić information content (AvgIpc) is 2.63. The largest absolute Gasteiger partial charge is 0.466 e. The number of rotatable bonds is 5. The maximum absolute atomic E-state index is 11.8. The number of aliphatic hydroxyl groups excluding tert-OH is 1. The van der Waals surface area contributed by atoms with Gasteiger partial charge in [-0.2, -0.15) is 0 Å². The maximum Gasteiger partial charge on any atom is 0.254 e. The monoisotopic (exact) mass is 239 g/mol. The number of carbonyl (C=O) groups is 1. The van der Waals surface area contributed by atoms with Crippen LogP contribution >= 0.6 is 0 Å². The standard InChI is InChI=1S/C13H21NO3/c1-5-8(2)12(15)7-14-13(16)11-6-9(3)17-10(11)4/h6,8,12,15H,5,7H2,1-4H3,(H,14,16). The van der Waals surface area contributed by atoms with Gasteiger partial charge in [-0.05, 0) is 25.8 Å². The predicted octanol–water partition coefficient (Wildman–Crippen LogP) is 2.03. The number of nitrogens with one attached hydrogen (secondary N) is 1. The molecule has 0 bridgehead atoms. The second-order valence-corrected chi connectivity index (χ2v) is 4.49. The summed E-state index contributed by atoms with van der Waals surface area (Å²) >= 11 is 0. The van der Waals surface area contributed by atoms with Crippen molar-refractivity contribution in [2.75, 3.05) is 6.54 Å². The highest BCUT2D eigenvalue weighted by Gasteiger charge is 2.16. The van der Waals surface area contributed by atoms with E-state index in [0.29, 0.717) is 11.3 Å². The Morgan fingerprint density at radius 3 is 2.65 bits per heavy atom. The van der Waals surface area contributed by atoms with Gasteiger partial charge in [0, 0.05) is 6.54 Å². The van der Waals surface area contributed by atoms with Crippen molar-refractivity contribution in [1.82, 2.24) is 5.32 Å². The molecule has 1 rings (SSSR count). The van der Waals surface area contributed by atoms with Gasteiger partial charge >= 0.3 is 0 Å². The molecule has 2 atom stereocenters. The first-order chi connectivity index (χ1) is 7.95. The van der Waals surface area contributed by atoms with E-state index >= 15 is 0 Å². The highest BCUT2D eigenvalue weighted by molar-refractivity contribution is 5.95. The average molecular weight is 239 g/mol. The lowest BCUT2D eigenvalue weighted by Crippen LogP contribution is -2.35. The zero-order valence-electron chi connectivity index (χ0n) is 10.9. The summed E-state index contributed by atoms with van der Waals surface area (Å²) < 4.78 is 5.29. The molecule has 0 aliphatic heterocycles. The molecule has 1 aromatic heterocycles. The first-order valence-electron chi connectivity index (χ1n) is 5.99. The van der Waals surface area contributed by atoms with E-state index in [4.69, 9.17) is 4.42 Å². The normalized spacial score (nSPS) is 14.4. The van der Waals surface area contributed by atoms with Crippen LogP contribution in [0.2, 0.25) is 0 Å². The smallest absolute Gasteiger partial charge is 0.254 e. The summed E-state index contributed by atoms with van der Waals surface area (Å²) in [5, 5.41) is 12.5. The number of aliphatic hydroxyl groups is 1. The van der Waals surface area contributed by atoms with Gasteiger partial charge in [0.05, 0.1) is 11.7 Å². The molecule has 2 unspecified atom stereocenters. The third-order valence-electron chi connectivity index (χ3n) is 3.06. The molecule has 0 aromatic carbocycles. The lowest BCUT2D eigenvalue weighted by molar-refractivity contribution is 0.0849. The van der Waals surface area contributed by atoms with Gasteiger partial charge in [0.25, 0.3) is 5.91 Å². The third kappa shape index (κ3) is 3.60. The zero-order valence-corrected chi connectivity index (χ0v) is 10.9. The van der Waals surface area contributed by atoms with Gasteiger partial charge in [0.1, 0.15) is 11.5 Å². The van der Waals surface area contributed by atoms with Crippen LogP contribution in [0.5, 0.6) is 0 Å². The van der Waals surface area contributed by atoms with E-state index < -0.39 is 6.10 Å². The van der Waals surface area contributed by atoms with Crippen molar-refractivity contribution in [3.63, 3.8) is 0 Å². The van der Waals surface area contributed by atoms with Crippen LogP contribution in [-0.4, -0.2) is 23.7 Å². The molecule has 0 aliphatic rings. The second-order valence-electron chi connectivity index (χ2n) is 4.49. The van der Waals surface area contributed by atoms with Gasteiger partial charge < -0.3 is 14.8 Å². The Hall–Kier alpha value is -1.29. The third-order valence-corrected chi connectivity index (χ3v) is 3.06. The molecule has 2 N–H and O–H groups in total. The van der Waals surface area contributed by atoms with Crippen molar-refractivity contribution in [3.8, 4) is 0 Å². The quantitative estimate of drug-likeness (QED) is 0.826. The first kappa shape index (κ1) is 13.8. The molecule has 4 nitrogen and oxygen atoms in total. The summed E-state index contributed by atoms with van der Waals surface area (Å²) in [6, 6.07) is 1.71. The first-order valence-corrected chi connectivity index (χ1v) is 5.99. The van der Waals surface area contributed by atoms with Gasteiger partial charge in [-0.3, -0.25) is 4.79 Å². The Morgan fingerprint density at radius 2 is 2.18 bits per heavy atom. The highest BCUT2D eigenvalue weighted by atomic mass is 16.3. The minimum Gasteiger partial charge on any atom is -0.466 e. The van der Waals surface area contributed by atoms with Crippen LogP contribution in [0.1, 0.15) is 42.1 Å². The molecule has 4 heteroatoms. The molecule has 1 aromatic rings. The summed E-state index contributed by atoms with van der Waals surface area (Å²) in [5.74, 6) is 1.32. The SMILES string of the molecule is CCC(C)C(O)CNC(=O)c1cc(C)oc1C. The van der Waals surface area contributed by atoms with Crippen molar-refractivity contribution in [1.29, 1.82) is 0 Å². The van der Waals surface area contributed by atoms with E-state index in [0.717, 1.165) is 12.2 Å². The summed E-state index contributed by atoms with van der Waals surface area (Å²) in [6.07, 6.45) is 0.387. The highest BCUT2D eigenvalue weighted by Crippen LogP contribution is 2.13. The van der Waals surface area contributed by atoms with Gasteiger partial charge in [-0.25, -0.2) is 0 Å². The van der Waals surface area contributed by atoms with Crippen molar-refractivity contribution < 1.29 is 14.3 Å². The number of hydrogen-bond acceptors (Lipinski definition) is 3. The Bertz CT molecular complexity index is 384. The van der Waals surface area contributed by atoms with Gasteiger partial charge in [-0.1, -0.05) is 20.3 Å². The summed E-state index contributed by atoms with van der Waals surface area (Å²) in [7, 11) is 0. The van der Waals surface area contributed by atoms with Crippen molar-refractivity contribution in [2.24, 2.45) is 5.92 Å². The fourth-order valence-corrected chi connectivity index (χ4v) is 1.62. The van der Waals surface area contributed by atoms with E-state index in [1.165, 1.54) is 0 Å². The number of hydrogen-bond donors (Lipinski definition) is 2. The Kier molecular flexibility index (Phi) is 4.75. The molecular formula is C13H21NO3. The van der Waals surface area contributed by atoms with Gasteiger partial charge in [-0.15, -0.1) is 0 Å². The zero-order chi connectivity index (χ0) is 13.0. The van der Waals surface area contributed by atoms with E-state index in [9.17, 15) is 9.90 Å². The van der Waals surface area contributed by atoms with E-state index in [1.54, 1.807) is 19.9 Å². The van der Waals surface area contributed by atoms with E-state index in [-0.39, 0.29) is 18.4 Å². The second kappa shape index (κ2) is 5.87. The molecule has 1 heterocycles. The fourth-order valence-electron chi connectivity index (χ4n) is 1.62. The summed E-state index contributed by atoms with van der Waals surface area (Å²) in [5.41, 5.74) is 0.541. The summed E-state index contributed by atoms with van der Waals surface area (Å²) in [4.78, 5) is 11.8. The van der Waals surface area contributed by atoms with Crippen LogP contribution in [0.15, 0.2) is 10.5 Å². The number of carbonyl (C=O) groups excluding carboxylic acids is 1. The fraction of sp³-hybridized carbons (Fsp3) is 0.615. The van der Waals surface area contributed by atoms with Crippen LogP contribution in [0, 0.1) is 19.8 Å². The summed E-state index contributed by atoms with van der Waals surface area (Å²) in [6.45, 7) is 7.81. The molecule has 0 saturated heterocycles. The van der Waals surface area contributed by atoms with Crippen LogP contribution < -0.4 is 5.32 Å². The molecule has 0 spiro atoms. The van der Waals surface area contributed by atoms with Gasteiger partial charge in [0.15, 0.2) is 0 Å². The molecule has 0 saturated carbocycles. The van der Waals surface area contributed by atoms with Crippen molar-refractivity contribution >= 4 is 5.91 Å². The molecule has 0 fully saturated rings. The maximum atomic E-state index is 11.8. The number of amides is 1. The van der Waals surface area contributed by atoms with Crippen LogP contribution in [0.4, 0.5) is 0 Å². The molecule has 0 aliphatic carbocycles. The minimum atomic E-state index is -0.503. The Labute approximate surface area is 102 Å². The van der Waals surface area contributed by atoms with E-state index in [1.807, 2.05) is 13.8 Å². The molecule has 96 valence electrons. The molecule has 1 amide bonds. The molecule has 0 radical (unpaired) electrons.